The molecule has 0 radical (unpaired) electrons. The van der Waals surface area contributed by atoms with Crippen molar-refractivity contribution in [2.75, 3.05) is 24.3 Å². The van der Waals surface area contributed by atoms with Gasteiger partial charge in [-0.1, -0.05) is 18.2 Å². The number of benzene rings is 1. The number of amides is 1. The van der Waals surface area contributed by atoms with Crippen LogP contribution in [0.3, 0.4) is 0 Å². The Morgan fingerprint density at radius 1 is 1.08 bits per heavy atom. The number of methoxy groups -OCH3 is 1. The summed E-state index contributed by atoms with van der Waals surface area (Å²) in [4.78, 5) is 20.3. The molecular formula is C20H20N4O2. The van der Waals surface area contributed by atoms with Crippen molar-refractivity contribution >= 4 is 17.4 Å². The fraction of sp³-hybridized carbons (Fsp3) is 0.150. The van der Waals surface area contributed by atoms with E-state index in [9.17, 15) is 4.79 Å². The molecule has 26 heavy (non-hydrogen) atoms. The third-order valence-corrected chi connectivity index (χ3v) is 3.84. The Bertz CT molecular complexity index is 851. The van der Waals surface area contributed by atoms with E-state index in [2.05, 4.69) is 20.6 Å². The van der Waals surface area contributed by atoms with E-state index < -0.39 is 0 Å². The van der Waals surface area contributed by atoms with Gasteiger partial charge < -0.3 is 15.4 Å². The molecule has 6 nitrogen and oxygen atoms in total. The van der Waals surface area contributed by atoms with Gasteiger partial charge in [0.1, 0.15) is 11.6 Å². The number of pyridine rings is 2. The normalized spacial score (nSPS) is 10.2. The summed E-state index contributed by atoms with van der Waals surface area (Å²) in [5, 5.41) is 6.06. The number of nitrogens with zero attached hydrogens (tertiary/aromatic N) is 2. The van der Waals surface area contributed by atoms with Crippen LogP contribution in [0, 0.1) is 0 Å². The molecule has 3 aromatic rings. The van der Waals surface area contributed by atoms with Crippen molar-refractivity contribution in [1.82, 2.24) is 9.97 Å². The molecule has 1 aromatic carbocycles. The summed E-state index contributed by atoms with van der Waals surface area (Å²) in [5.41, 5.74) is 2.28. The molecule has 0 unspecified atom stereocenters. The van der Waals surface area contributed by atoms with Gasteiger partial charge >= 0.3 is 0 Å². The maximum Gasteiger partial charge on any atom is 0.257 e. The van der Waals surface area contributed by atoms with Gasteiger partial charge in [0.15, 0.2) is 0 Å². The van der Waals surface area contributed by atoms with Crippen molar-refractivity contribution in [3.63, 3.8) is 0 Å². The molecule has 0 bridgehead atoms. The van der Waals surface area contributed by atoms with Crippen LogP contribution in [0.5, 0.6) is 5.75 Å². The number of aromatic nitrogens is 2. The number of hydrogen-bond donors (Lipinski definition) is 2. The lowest BCUT2D eigenvalue weighted by Gasteiger charge is -2.10. The van der Waals surface area contributed by atoms with Crippen molar-refractivity contribution in [3.8, 4) is 5.75 Å². The Morgan fingerprint density at radius 2 is 1.96 bits per heavy atom. The minimum atomic E-state index is -0.211. The first-order chi connectivity index (χ1) is 12.8. The molecule has 0 saturated carbocycles. The summed E-state index contributed by atoms with van der Waals surface area (Å²) < 4.78 is 5.35. The first kappa shape index (κ1) is 17.4. The van der Waals surface area contributed by atoms with Crippen LogP contribution in [0.25, 0.3) is 0 Å². The van der Waals surface area contributed by atoms with Crippen molar-refractivity contribution in [1.29, 1.82) is 0 Å². The van der Waals surface area contributed by atoms with Crippen LogP contribution >= 0.6 is 0 Å². The molecule has 2 heterocycles. The lowest BCUT2D eigenvalue weighted by Crippen LogP contribution is -2.12. The maximum absolute atomic E-state index is 12.1. The highest BCUT2D eigenvalue weighted by Crippen LogP contribution is 2.18. The molecule has 0 aliphatic heterocycles. The minimum Gasteiger partial charge on any atom is -0.496 e. The van der Waals surface area contributed by atoms with Gasteiger partial charge in [-0.05, 0) is 42.3 Å². The lowest BCUT2D eigenvalue weighted by atomic mass is 10.1. The molecule has 6 heteroatoms. The van der Waals surface area contributed by atoms with Crippen LogP contribution in [-0.4, -0.2) is 29.5 Å². The highest BCUT2D eigenvalue weighted by Gasteiger charge is 2.06. The molecule has 132 valence electrons. The van der Waals surface area contributed by atoms with Crippen LogP contribution in [0.2, 0.25) is 0 Å². The van der Waals surface area contributed by atoms with Gasteiger partial charge in [-0.3, -0.25) is 9.78 Å². The van der Waals surface area contributed by atoms with E-state index in [1.54, 1.807) is 31.6 Å². The van der Waals surface area contributed by atoms with Gasteiger partial charge in [0, 0.05) is 18.9 Å². The first-order valence-corrected chi connectivity index (χ1v) is 8.29. The summed E-state index contributed by atoms with van der Waals surface area (Å²) in [5.74, 6) is 1.42. The summed E-state index contributed by atoms with van der Waals surface area (Å²) in [7, 11) is 1.67. The van der Waals surface area contributed by atoms with Crippen LogP contribution < -0.4 is 15.4 Å². The number of anilines is 2. The summed E-state index contributed by atoms with van der Waals surface area (Å²) in [6.45, 7) is 0.731. The zero-order valence-electron chi connectivity index (χ0n) is 14.5. The Hall–Kier alpha value is -3.41. The maximum atomic E-state index is 12.1. The summed E-state index contributed by atoms with van der Waals surface area (Å²) >= 11 is 0. The second kappa shape index (κ2) is 8.62. The molecular weight excluding hydrogens is 328 g/mol. The third kappa shape index (κ3) is 4.57. The predicted molar refractivity (Wildman–Crippen MR) is 102 cm³/mol. The van der Waals surface area contributed by atoms with Crippen LogP contribution in [0.15, 0.2) is 67.1 Å². The van der Waals surface area contributed by atoms with E-state index in [1.165, 1.54) is 6.20 Å². The number of hydrogen-bond acceptors (Lipinski definition) is 5. The van der Waals surface area contributed by atoms with Gasteiger partial charge in [0.2, 0.25) is 0 Å². The predicted octanol–water partition coefficient (Wildman–Crippen LogP) is 3.39. The zero-order valence-corrected chi connectivity index (χ0v) is 14.5. The van der Waals surface area contributed by atoms with Gasteiger partial charge in [0.25, 0.3) is 5.91 Å². The lowest BCUT2D eigenvalue weighted by molar-refractivity contribution is 0.102. The van der Waals surface area contributed by atoms with Gasteiger partial charge in [-0.25, -0.2) is 4.98 Å². The van der Waals surface area contributed by atoms with Crippen molar-refractivity contribution in [3.05, 3.63) is 78.2 Å². The van der Waals surface area contributed by atoms with Crippen molar-refractivity contribution < 1.29 is 9.53 Å². The molecule has 2 aromatic heterocycles. The average molecular weight is 348 g/mol. The fourth-order valence-corrected chi connectivity index (χ4v) is 2.51. The number of carbonyl (C=O) groups is 1. The molecule has 1 amide bonds. The molecule has 0 spiro atoms. The van der Waals surface area contributed by atoms with E-state index in [-0.39, 0.29) is 5.91 Å². The molecule has 0 atom stereocenters. The Morgan fingerprint density at radius 3 is 2.69 bits per heavy atom. The van der Waals surface area contributed by atoms with Crippen molar-refractivity contribution in [2.24, 2.45) is 0 Å². The number of para-hydroxylation sites is 1. The smallest absolute Gasteiger partial charge is 0.257 e. The van der Waals surface area contributed by atoms with E-state index in [1.807, 2.05) is 36.4 Å². The van der Waals surface area contributed by atoms with E-state index in [0.717, 1.165) is 30.1 Å². The Balaban J connectivity index is 1.52. The van der Waals surface area contributed by atoms with E-state index in [4.69, 9.17) is 4.74 Å². The SMILES string of the molecule is COc1ccccc1CCNc1ccc(NC(=O)c2cccnc2)cn1. The van der Waals surface area contributed by atoms with Crippen LogP contribution in [0.4, 0.5) is 11.5 Å². The largest absolute Gasteiger partial charge is 0.496 e. The Kier molecular flexibility index (Phi) is 5.77. The van der Waals surface area contributed by atoms with E-state index in [0.29, 0.717) is 11.3 Å². The molecule has 0 aliphatic rings. The van der Waals surface area contributed by atoms with Crippen molar-refractivity contribution in [2.45, 2.75) is 6.42 Å². The number of ether oxygens (including phenoxy) is 1. The summed E-state index contributed by atoms with van der Waals surface area (Å²) in [6, 6.07) is 15.0. The second-order valence-electron chi connectivity index (χ2n) is 5.62. The quantitative estimate of drug-likeness (QED) is 0.684. The van der Waals surface area contributed by atoms with Gasteiger partial charge in [-0.2, -0.15) is 0 Å². The van der Waals surface area contributed by atoms with Gasteiger partial charge in [0.05, 0.1) is 24.6 Å². The third-order valence-electron chi connectivity index (χ3n) is 3.84. The molecule has 0 aliphatic carbocycles. The standard InChI is InChI=1S/C20H20N4O2/c1-26-18-7-3-2-5-15(18)10-12-22-19-9-8-17(14-23-19)24-20(25)16-6-4-11-21-13-16/h2-9,11,13-14H,10,12H2,1H3,(H,22,23)(H,24,25). The number of carbonyl (C=O) groups excluding carboxylic acids is 1. The van der Waals surface area contributed by atoms with Crippen LogP contribution in [-0.2, 0) is 6.42 Å². The average Bonchev–Trinajstić information content (AvgIpc) is 2.70. The van der Waals surface area contributed by atoms with E-state index >= 15 is 0 Å². The topological polar surface area (TPSA) is 76.1 Å². The number of nitrogens with one attached hydrogen (secondary N) is 2. The second-order valence-corrected chi connectivity index (χ2v) is 5.62. The Labute approximate surface area is 152 Å². The minimum absolute atomic E-state index is 0.211. The highest BCUT2D eigenvalue weighted by molar-refractivity contribution is 6.03. The molecule has 3 rings (SSSR count). The number of rotatable bonds is 7. The molecule has 2 N–H and O–H groups in total. The molecule has 0 fully saturated rings. The van der Waals surface area contributed by atoms with Gasteiger partial charge in [-0.15, -0.1) is 0 Å². The summed E-state index contributed by atoms with van der Waals surface area (Å²) in [6.07, 6.45) is 5.60. The highest BCUT2D eigenvalue weighted by atomic mass is 16.5. The first-order valence-electron chi connectivity index (χ1n) is 8.29. The monoisotopic (exact) mass is 348 g/mol. The molecule has 0 saturated heterocycles. The zero-order chi connectivity index (χ0) is 18.2. The fourth-order valence-electron chi connectivity index (χ4n) is 2.51. The van der Waals surface area contributed by atoms with Crippen LogP contribution in [0.1, 0.15) is 15.9 Å².